The molecular formula is C10H16OSi. The Hall–Kier alpha value is -0.603. The molecule has 0 saturated heterocycles. The highest BCUT2D eigenvalue weighted by atomic mass is 28.2. The maximum absolute atomic E-state index is 5.52. The molecule has 0 fully saturated rings. The summed E-state index contributed by atoms with van der Waals surface area (Å²) in [5.41, 5.74) is 1.31. The minimum atomic E-state index is 0.336. The lowest BCUT2D eigenvalue weighted by Crippen LogP contribution is -2.01. The Morgan fingerprint density at radius 3 is 2.50 bits per heavy atom. The first-order valence-corrected chi connectivity index (χ1v) is 5.28. The number of benzene rings is 1. The molecule has 12 heavy (non-hydrogen) atoms. The largest absolute Gasteiger partial charge is 0.421 e. The molecule has 0 N–H and O–H groups in total. The van der Waals surface area contributed by atoms with E-state index < -0.39 is 0 Å². The molecule has 66 valence electrons. The molecule has 1 nitrogen and oxygen atoms in total. The SMILES string of the molecule is CCCC(O[SiH3])c1ccccc1. The summed E-state index contributed by atoms with van der Waals surface area (Å²) in [5, 5.41) is 0. The molecular weight excluding hydrogens is 164 g/mol. The average molecular weight is 180 g/mol. The molecule has 0 aliphatic heterocycles. The zero-order valence-electron chi connectivity index (χ0n) is 7.79. The van der Waals surface area contributed by atoms with Gasteiger partial charge in [-0.15, -0.1) is 0 Å². The second kappa shape index (κ2) is 5.12. The van der Waals surface area contributed by atoms with Gasteiger partial charge in [0.1, 0.15) is 10.5 Å². The van der Waals surface area contributed by atoms with Gasteiger partial charge >= 0.3 is 0 Å². The molecule has 1 aromatic carbocycles. The average Bonchev–Trinajstić information content (AvgIpc) is 2.15. The fourth-order valence-corrected chi connectivity index (χ4v) is 1.86. The normalized spacial score (nSPS) is 13.1. The molecule has 1 unspecified atom stereocenters. The van der Waals surface area contributed by atoms with E-state index in [2.05, 4.69) is 31.2 Å². The molecule has 0 amide bonds. The third-order valence-corrected chi connectivity index (χ3v) is 2.58. The van der Waals surface area contributed by atoms with Crippen molar-refractivity contribution in [2.45, 2.75) is 25.9 Å². The van der Waals surface area contributed by atoms with E-state index in [0.29, 0.717) is 6.10 Å². The lowest BCUT2D eigenvalue weighted by molar-refractivity contribution is 0.213. The summed E-state index contributed by atoms with van der Waals surface area (Å²) >= 11 is 0. The lowest BCUT2D eigenvalue weighted by atomic mass is 10.1. The van der Waals surface area contributed by atoms with Crippen molar-refractivity contribution in [2.24, 2.45) is 0 Å². The van der Waals surface area contributed by atoms with Gasteiger partial charge in [0.25, 0.3) is 0 Å². The third kappa shape index (κ3) is 2.46. The van der Waals surface area contributed by atoms with Gasteiger partial charge in [-0.3, -0.25) is 0 Å². The molecule has 1 atom stereocenters. The summed E-state index contributed by atoms with van der Waals surface area (Å²) in [7, 11) is 0.821. The minimum absolute atomic E-state index is 0.336. The van der Waals surface area contributed by atoms with Crippen molar-refractivity contribution in [2.75, 3.05) is 0 Å². The van der Waals surface area contributed by atoms with Gasteiger partial charge in [0.05, 0.1) is 6.10 Å². The minimum Gasteiger partial charge on any atom is -0.421 e. The van der Waals surface area contributed by atoms with Crippen LogP contribution in [0.25, 0.3) is 0 Å². The Kier molecular flexibility index (Phi) is 4.04. The van der Waals surface area contributed by atoms with E-state index >= 15 is 0 Å². The van der Waals surface area contributed by atoms with Crippen molar-refractivity contribution in [3.8, 4) is 0 Å². The summed E-state index contributed by atoms with van der Waals surface area (Å²) in [5.74, 6) is 0. The molecule has 0 heterocycles. The smallest absolute Gasteiger partial charge is 0.146 e. The molecule has 0 aromatic heterocycles. The van der Waals surface area contributed by atoms with E-state index in [1.807, 2.05) is 6.07 Å². The van der Waals surface area contributed by atoms with Crippen LogP contribution in [0.4, 0.5) is 0 Å². The highest BCUT2D eigenvalue weighted by molar-refractivity contribution is 5.98. The Bertz CT molecular complexity index is 210. The Morgan fingerprint density at radius 2 is 2.00 bits per heavy atom. The van der Waals surface area contributed by atoms with Crippen LogP contribution in [-0.2, 0) is 4.43 Å². The summed E-state index contributed by atoms with van der Waals surface area (Å²) in [4.78, 5) is 0. The molecule has 0 radical (unpaired) electrons. The summed E-state index contributed by atoms with van der Waals surface area (Å²) < 4.78 is 5.52. The van der Waals surface area contributed by atoms with Gasteiger partial charge in [-0.25, -0.2) is 0 Å². The van der Waals surface area contributed by atoms with Gasteiger partial charge in [0.15, 0.2) is 0 Å². The summed E-state index contributed by atoms with van der Waals surface area (Å²) in [6, 6.07) is 10.5. The van der Waals surface area contributed by atoms with Gasteiger partial charge in [-0.05, 0) is 12.0 Å². The van der Waals surface area contributed by atoms with Crippen molar-refractivity contribution in [1.29, 1.82) is 0 Å². The molecule has 1 aromatic rings. The second-order valence-electron chi connectivity index (χ2n) is 2.92. The quantitative estimate of drug-likeness (QED) is 0.642. The first kappa shape index (κ1) is 9.48. The van der Waals surface area contributed by atoms with Crippen LogP contribution in [0.2, 0.25) is 0 Å². The standard InChI is InChI=1S/C10H16OSi/c1-2-6-10(11-12)9-7-4-3-5-8-9/h3-5,7-8,10H,2,6H2,1,12H3. The fraction of sp³-hybridized carbons (Fsp3) is 0.400. The van der Waals surface area contributed by atoms with Crippen LogP contribution in [0.5, 0.6) is 0 Å². The third-order valence-electron chi connectivity index (χ3n) is 2.01. The van der Waals surface area contributed by atoms with E-state index in [9.17, 15) is 0 Å². The number of hydrogen-bond donors (Lipinski definition) is 0. The van der Waals surface area contributed by atoms with Crippen molar-refractivity contribution < 1.29 is 4.43 Å². The zero-order valence-corrected chi connectivity index (χ0v) is 9.79. The van der Waals surface area contributed by atoms with E-state index in [4.69, 9.17) is 4.43 Å². The van der Waals surface area contributed by atoms with E-state index in [0.717, 1.165) is 16.9 Å². The Morgan fingerprint density at radius 1 is 1.33 bits per heavy atom. The molecule has 0 aliphatic carbocycles. The van der Waals surface area contributed by atoms with Crippen LogP contribution in [0, 0.1) is 0 Å². The zero-order chi connectivity index (χ0) is 8.81. The van der Waals surface area contributed by atoms with Gasteiger partial charge < -0.3 is 4.43 Å². The molecule has 0 spiro atoms. The van der Waals surface area contributed by atoms with Gasteiger partial charge in [0, 0.05) is 0 Å². The molecule has 0 bridgehead atoms. The topological polar surface area (TPSA) is 9.23 Å². The Balaban J connectivity index is 2.66. The van der Waals surface area contributed by atoms with Crippen LogP contribution >= 0.6 is 0 Å². The summed E-state index contributed by atoms with van der Waals surface area (Å²) in [6.07, 6.45) is 2.65. The van der Waals surface area contributed by atoms with Crippen LogP contribution in [0.3, 0.4) is 0 Å². The molecule has 0 aliphatic rings. The number of rotatable bonds is 4. The monoisotopic (exact) mass is 180 g/mol. The van der Waals surface area contributed by atoms with Crippen LogP contribution in [-0.4, -0.2) is 10.5 Å². The fourth-order valence-electron chi connectivity index (χ4n) is 1.35. The van der Waals surface area contributed by atoms with Crippen molar-refractivity contribution in [1.82, 2.24) is 0 Å². The maximum atomic E-state index is 5.52. The van der Waals surface area contributed by atoms with Crippen molar-refractivity contribution in [3.05, 3.63) is 35.9 Å². The molecule has 2 heteroatoms. The number of hydrogen-bond acceptors (Lipinski definition) is 1. The van der Waals surface area contributed by atoms with E-state index in [1.54, 1.807) is 0 Å². The van der Waals surface area contributed by atoms with Gasteiger partial charge in [-0.2, -0.15) is 0 Å². The first-order chi connectivity index (χ1) is 5.88. The van der Waals surface area contributed by atoms with Crippen LogP contribution in [0.15, 0.2) is 30.3 Å². The van der Waals surface area contributed by atoms with Crippen LogP contribution < -0.4 is 0 Å². The van der Waals surface area contributed by atoms with Crippen LogP contribution in [0.1, 0.15) is 31.4 Å². The maximum Gasteiger partial charge on any atom is 0.146 e. The van der Waals surface area contributed by atoms with Gasteiger partial charge in [0.2, 0.25) is 0 Å². The highest BCUT2D eigenvalue weighted by Gasteiger charge is 2.06. The molecule has 0 saturated carbocycles. The lowest BCUT2D eigenvalue weighted by Gasteiger charge is -2.14. The van der Waals surface area contributed by atoms with Crippen molar-refractivity contribution in [3.63, 3.8) is 0 Å². The molecule has 1 rings (SSSR count). The van der Waals surface area contributed by atoms with Gasteiger partial charge in [-0.1, -0.05) is 43.7 Å². The predicted molar refractivity (Wildman–Crippen MR) is 55.1 cm³/mol. The highest BCUT2D eigenvalue weighted by Crippen LogP contribution is 2.20. The second-order valence-corrected chi connectivity index (χ2v) is 3.40. The Labute approximate surface area is 77.3 Å². The first-order valence-electron chi connectivity index (χ1n) is 4.46. The van der Waals surface area contributed by atoms with E-state index in [1.165, 1.54) is 12.0 Å². The van der Waals surface area contributed by atoms with E-state index in [-0.39, 0.29) is 0 Å². The predicted octanol–water partition coefficient (Wildman–Crippen LogP) is 1.82. The van der Waals surface area contributed by atoms with Crippen molar-refractivity contribution >= 4 is 10.5 Å². The summed E-state index contributed by atoms with van der Waals surface area (Å²) in [6.45, 7) is 2.19.